The molecule has 0 aliphatic carbocycles. The van der Waals surface area contributed by atoms with E-state index in [1.54, 1.807) is 23.2 Å². The van der Waals surface area contributed by atoms with Gasteiger partial charge in [0.1, 0.15) is 0 Å². The molecule has 2 amide bonds. The van der Waals surface area contributed by atoms with Gasteiger partial charge in [0.05, 0.1) is 22.8 Å². The zero-order chi connectivity index (χ0) is 17.3. The third kappa shape index (κ3) is 3.12. The fraction of sp³-hybridized carbons (Fsp3) is 0.375. The van der Waals surface area contributed by atoms with Crippen LogP contribution in [-0.4, -0.2) is 44.3 Å². The van der Waals surface area contributed by atoms with Gasteiger partial charge in [0.15, 0.2) is 5.69 Å². The first-order valence-electron chi connectivity index (χ1n) is 7.75. The molecule has 2 heterocycles. The number of hydrogen-bond acceptors (Lipinski definition) is 4. The van der Waals surface area contributed by atoms with Crippen LogP contribution in [0, 0.1) is 5.92 Å². The summed E-state index contributed by atoms with van der Waals surface area (Å²) < 4.78 is 1.47. The minimum Gasteiger partial charge on any atom is -0.369 e. The number of para-hydroxylation sites is 1. The molecule has 0 unspecified atom stereocenters. The Kier molecular flexibility index (Phi) is 4.53. The maximum Gasteiger partial charge on any atom is 0.276 e. The molecular weight excluding hydrogens is 330 g/mol. The van der Waals surface area contributed by atoms with E-state index in [9.17, 15) is 9.59 Å². The number of primary amides is 1. The van der Waals surface area contributed by atoms with Crippen molar-refractivity contribution < 1.29 is 9.59 Å². The van der Waals surface area contributed by atoms with E-state index in [2.05, 4.69) is 10.3 Å². The lowest BCUT2D eigenvalue weighted by Gasteiger charge is -2.36. The van der Waals surface area contributed by atoms with Crippen molar-refractivity contribution in [1.82, 2.24) is 19.9 Å². The van der Waals surface area contributed by atoms with Gasteiger partial charge in [0.25, 0.3) is 5.91 Å². The number of carbonyl (C=O) groups is 2. The summed E-state index contributed by atoms with van der Waals surface area (Å²) in [5.74, 6) is -0.949. The van der Waals surface area contributed by atoms with Crippen molar-refractivity contribution in [2.45, 2.75) is 25.8 Å². The van der Waals surface area contributed by atoms with E-state index < -0.39 is 0 Å². The van der Waals surface area contributed by atoms with Gasteiger partial charge in [0, 0.05) is 12.6 Å². The summed E-state index contributed by atoms with van der Waals surface area (Å²) in [6.45, 7) is 2.27. The SMILES string of the molecule is C[C@@H]1CC[C@H](C(N)=O)CN1C(=O)c1cn(-c2ccccc2Cl)nn1. The van der Waals surface area contributed by atoms with Crippen LogP contribution in [0.1, 0.15) is 30.3 Å². The normalized spacial score (nSPS) is 20.8. The second-order valence-electron chi connectivity index (χ2n) is 5.98. The second kappa shape index (κ2) is 6.60. The second-order valence-corrected chi connectivity index (χ2v) is 6.39. The van der Waals surface area contributed by atoms with Crippen molar-refractivity contribution in [2.75, 3.05) is 6.54 Å². The average molecular weight is 348 g/mol. The Balaban J connectivity index is 1.83. The van der Waals surface area contributed by atoms with Gasteiger partial charge in [0.2, 0.25) is 5.91 Å². The van der Waals surface area contributed by atoms with E-state index in [1.165, 1.54) is 4.68 Å². The Hall–Kier alpha value is -2.41. The predicted octanol–water partition coefficient (Wildman–Crippen LogP) is 1.65. The zero-order valence-corrected chi connectivity index (χ0v) is 14.0. The van der Waals surface area contributed by atoms with E-state index >= 15 is 0 Å². The molecule has 2 N–H and O–H groups in total. The lowest BCUT2D eigenvalue weighted by molar-refractivity contribution is -0.123. The summed E-state index contributed by atoms with van der Waals surface area (Å²) in [6.07, 6.45) is 2.98. The molecule has 1 aromatic carbocycles. The van der Waals surface area contributed by atoms with E-state index in [1.807, 2.05) is 19.1 Å². The first kappa shape index (κ1) is 16.4. The number of amides is 2. The Labute approximate surface area is 144 Å². The first-order chi connectivity index (χ1) is 11.5. The van der Waals surface area contributed by atoms with Crippen LogP contribution in [-0.2, 0) is 4.79 Å². The fourth-order valence-corrected chi connectivity index (χ4v) is 3.11. The molecule has 2 aromatic rings. The highest BCUT2D eigenvalue weighted by molar-refractivity contribution is 6.32. The molecule has 0 spiro atoms. The highest BCUT2D eigenvalue weighted by Gasteiger charge is 2.33. The lowest BCUT2D eigenvalue weighted by atomic mass is 9.92. The maximum atomic E-state index is 12.7. The molecule has 7 nitrogen and oxygen atoms in total. The Morgan fingerprint density at radius 2 is 2.04 bits per heavy atom. The van der Waals surface area contributed by atoms with Crippen molar-refractivity contribution >= 4 is 23.4 Å². The highest BCUT2D eigenvalue weighted by atomic mass is 35.5. The lowest BCUT2D eigenvalue weighted by Crippen LogP contribution is -2.48. The summed E-state index contributed by atoms with van der Waals surface area (Å²) >= 11 is 6.14. The third-order valence-corrected chi connectivity index (χ3v) is 4.68. The van der Waals surface area contributed by atoms with Crippen LogP contribution < -0.4 is 5.73 Å². The minimum absolute atomic E-state index is 0.0264. The number of likely N-dealkylation sites (tertiary alicyclic amines) is 1. The fourth-order valence-electron chi connectivity index (χ4n) is 2.89. The van der Waals surface area contributed by atoms with Gasteiger partial charge in [-0.3, -0.25) is 9.59 Å². The molecule has 3 rings (SSSR count). The van der Waals surface area contributed by atoms with Crippen molar-refractivity contribution in [3.63, 3.8) is 0 Å². The molecule has 0 saturated carbocycles. The number of carbonyl (C=O) groups excluding carboxylic acids is 2. The molecule has 2 atom stereocenters. The molecule has 1 saturated heterocycles. The van der Waals surface area contributed by atoms with Crippen molar-refractivity contribution in [3.8, 4) is 5.69 Å². The van der Waals surface area contributed by atoms with E-state index in [0.717, 1.165) is 6.42 Å². The van der Waals surface area contributed by atoms with E-state index in [4.69, 9.17) is 17.3 Å². The van der Waals surface area contributed by atoms with Gasteiger partial charge in [-0.1, -0.05) is 28.9 Å². The monoisotopic (exact) mass is 347 g/mol. The van der Waals surface area contributed by atoms with Crippen LogP contribution >= 0.6 is 11.6 Å². The standard InChI is InChI=1S/C16H18ClN5O2/c1-10-6-7-11(15(18)23)8-21(10)16(24)13-9-22(20-19-13)14-5-3-2-4-12(14)17/h2-5,9-11H,6-8H2,1H3,(H2,18,23)/t10-,11+/m1/s1. The number of halogens is 1. The molecule has 126 valence electrons. The van der Waals surface area contributed by atoms with Gasteiger partial charge >= 0.3 is 0 Å². The molecular formula is C16H18ClN5O2. The molecule has 0 radical (unpaired) electrons. The number of nitrogens with zero attached hydrogens (tertiary/aromatic N) is 4. The number of aromatic nitrogens is 3. The number of hydrogen-bond donors (Lipinski definition) is 1. The molecule has 24 heavy (non-hydrogen) atoms. The van der Waals surface area contributed by atoms with Crippen LogP contribution in [0.3, 0.4) is 0 Å². The van der Waals surface area contributed by atoms with Crippen LogP contribution in [0.25, 0.3) is 5.69 Å². The summed E-state index contributed by atoms with van der Waals surface area (Å²) in [4.78, 5) is 25.8. The quantitative estimate of drug-likeness (QED) is 0.913. The smallest absolute Gasteiger partial charge is 0.276 e. The van der Waals surface area contributed by atoms with Gasteiger partial charge in [-0.25, -0.2) is 4.68 Å². The molecule has 1 fully saturated rings. The number of benzene rings is 1. The number of rotatable bonds is 3. The van der Waals surface area contributed by atoms with Crippen LogP contribution in [0.15, 0.2) is 30.5 Å². The predicted molar refractivity (Wildman–Crippen MR) is 88.8 cm³/mol. The summed E-state index contributed by atoms with van der Waals surface area (Å²) in [5.41, 5.74) is 6.25. The van der Waals surface area contributed by atoms with Crippen molar-refractivity contribution in [3.05, 3.63) is 41.2 Å². The first-order valence-corrected chi connectivity index (χ1v) is 8.12. The summed E-state index contributed by atoms with van der Waals surface area (Å²) in [6, 6.07) is 7.20. The van der Waals surface area contributed by atoms with Crippen molar-refractivity contribution in [1.29, 1.82) is 0 Å². The largest absolute Gasteiger partial charge is 0.369 e. The van der Waals surface area contributed by atoms with Gasteiger partial charge in [-0.15, -0.1) is 5.10 Å². The number of piperidine rings is 1. The molecule has 0 bridgehead atoms. The minimum atomic E-state index is -0.376. The summed E-state index contributed by atoms with van der Waals surface area (Å²) in [7, 11) is 0. The molecule has 8 heteroatoms. The van der Waals surface area contributed by atoms with Crippen LogP contribution in [0.2, 0.25) is 5.02 Å². The van der Waals surface area contributed by atoms with Crippen molar-refractivity contribution in [2.24, 2.45) is 11.7 Å². The zero-order valence-electron chi connectivity index (χ0n) is 13.2. The Morgan fingerprint density at radius 1 is 1.29 bits per heavy atom. The van der Waals surface area contributed by atoms with Gasteiger partial charge in [-0.2, -0.15) is 0 Å². The van der Waals surface area contributed by atoms with Crippen LogP contribution in [0.4, 0.5) is 0 Å². The maximum absolute atomic E-state index is 12.7. The Morgan fingerprint density at radius 3 is 2.75 bits per heavy atom. The van der Waals surface area contributed by atoms with E-state index in [-0.39, 0.29) is 29.5 Å². The third-order valence-electron chi connectivity index (χ3n) is 4.36. The van der Waals surface area contributed by atoms with Crippen LogP contribution in [0.5, 0.6) is 0 Å². The van der Waals surface area contributed by atoms with Gasteiger partial charge < -0.3 is 10.6 Å². The Bertz CT molecular complexity index is 775. The topological polar surface area (TPSA) is 94.1 Å². The van der Waals surface area contributed by atoms with Gasteiger partial charge in [-0.05, 0) is 31.9 Å². The highest BCUT2D eigenvalue weighted by Crippen LogP contribution is 2.24. The average Bonchev–Trinajstić information content (AvgIpc) is 3.04. The summed E-state index contributed by atoms with van der Waals surface area (Å²) in [5, 5.41) is 8.46. The molecule has 1 aromatic heterocycles. The van der Waals surface area contributed by atoms with E-state index in [0.29, 0.717) is 23.7 Å². The number of nitrogens with two attached hydrogens (primary N) is 1. The molecule has 1 aliphatic heterocycles. The molecule has 1 aliphatic rings.